The molecule has 1 atom stereocenters. The van der Waals surface area contributed by atoms with Crippen molar-refractivity contribution in [2.75, 3.05) is 13.2 Å². The molecule has 0 bridgehead atoms. The first kappa shape index (κ1) is 15.2. The van der Waals surface area contributed by atoms with Crippen LogP contribution in [0, 0.1) is 5.92 Å². The first-order valence-electron chi connectivity index (χ1n) is 5.31. The molecule has 0 aliphatic carbocycles. The number of carboxylic acids is 1. The van der Waals surface area contributed by atoms with E-state index < -0.39 is 24.0 Å². The van der Waals surface area contributed by atoms with Crippen LogP contribution in [0.5, 0.6) is 0 Å². The van der Waals surface area contributed by atoms with E-state index in [2.05, 4.69) is 15.4 Å². The monoisotopic (exact) mass is 246 g/mol. The van der Waals surface area contributed by atoms with Gasteiger partial charge in [0.2, 0.25) is 0 Å². The number of nitrogens with one attached hydrogen (secondary N) is 2. The Hall–Kier alpha value is -1.79. The molecule has 0 saturated carbocycles. The Balaban J connectivity index is 4.07. The van der Waals surface area contributed by atoms with Gasteiger partial charge in [0.1, 0.15) is 12.6 Å². The molecule has 7 heteroatoms. The van der Waals surface area contributed by atoms with Crippen LogP contribution in [0.2, 0.25) is 0 Å². The fraction of sp³-hybridized carbons (Fsp3) is 0.700. The predicted octanol–water partition coefficient (Wildman–Crippen LogP) is -0.0421. The molecule has 0 aliphatic rings. The summed E-state index contributed by atoms with van der Waals surface area (Å²) in [5, 5.41) is 13.3. The van der Waals surface area contributed by atoms with E-state index >= 15 is 0 Å². The summed E-state index contributed by atoms with van der Waals surface area (Å²) in [6, 6.07) is -1.70. The van der Waals surface area contributed by atoms with E-state index in [1.54, 1.807) is 20.8 Å². The van der Waals surface area contributed by atoms with Gasteiger partial charge in [-0.05, 0) is 12.8 Å². The fourth-order valence-electron chi connectivity index (χ4n) is 1.07. The third kappa shape index (κ3) is 6.39. The van der Waals surface area contributed by atoms with Crippen LogP contribution in [-0.4, -0.2) is 42.3 Å². The summed E-state index contributed by atoms with van der Waals surface area (Å²) in [6.45, 7) is 4.93. The maximum atomic E-state index is 11.3. The third-order valence-corrected chi connectivity index (χ3v) is 1.92. The first-order valence-corrected chi connectivity index (χ1v) is 5.31. The topological polar surface area (TPSA) is 105 Å². The zero-order chi connectivity index (χ0) is 13.4. The van der Waals surface area contributed by atoms with Gasteiger partial charge in [-0.2, -0.15) is 0 Å². The molecule has 2 amide bonds. The minimum Gasteiger partial charge on any atom is -0.480 e. The number of ether oxygens (including phenoxy) is 1. The highest BCUT2D eigenvalue weighted by molar-refractivity contribution is 5.85. The second kappa shape index (κ2) is 7.48. The van der Waals surface area contributed by atoms with Crippen molar-refractivity contribution in [3.63, 3.8) is 0 Å². The Morgan fingerprint density at radius 3 is 2.29 bits per heavy atom. The first-order chi connectivity index (χ1) is 7.88. The highest BCUT2D eigenvalue weighted by Crippen LogP contribution is 2.00. The van der Waals surface area contributed by atoms with Crippen molar-refractivity contribution in [2.24, 2.45) is 5.92 Å². The number of carbonyl (C=O) groups is 3. The van der Waals surface area contributed by atoms with Crippen LogP contribution in [0.15, 0.2) is 0 Å². The Morgan fingerprint density at radius 1 is 1.29 bits per heavy atom. The zero-order valence-corrected chi connectivity index (χ0v) is 10.1. The van der Waals surface area contributed by atoms with Crippen LogP contribution in [0.25, 0.3) is 0 Å². The van der Waals surface area contributed by atoms with Gasteiger partial charge >= 0.3 is 18.0 Å². The number of rotatable bonds is 6. The maximum absolute atomic E-state index is 11.3. The average Bonchev–Trinajstić information content (AvgIpc) is 2.22. The smallest absolute Gasteiger partial charge is 0.326 e. The number of hydrogen-bond acceptors (Lipinski definition) is 4. The van der Waals surface area contributed by atoms with Gasteiger partial charge in [-0.15, -0.1) is 0 Å². The Labute approximate surface area is 99.5 Å². The van der Waals surface area contributed by atoms with Gasteiger partial charge in [0, 0.05) is 0 Å². The molecule has 0 aromatic rings. The standard InChI is InChI=1S/C10H18N2O5/c1-4-17-7(13)5-11-10(16)12-8(6(2)3)9(14)15/h6,8H,4-5H2,1-3H3,(H,14,15)(H2,11,12,16). The summed E-state index contributed by atoms with van der Waals surface area (Å²) in [4.78, 5) is 33.0. The Bertz CT molecular complexity index is 290. The van der Waals surface area contributed by atoms with Gasteiger partial charge in [-0.25, -0.2) is 9.59 Å². The van der Waals surface area contributed by atoms with Gasteiger partial charge < -0.3 is 20.5 Å². The van der Waals surface area contributed by atoms with E-state index in [4.69, 9.17) is 5.11 Å². The lowest BCUT2D eigenvalue weighted by atomic mass is 10.1. The second-order valence-corrected chi connectivity index (χ2v) is 3.69. The molecule has 0 aromatic heterocycles. The molecular weight excluding hydrogens is 228 g/mol. The molecule has 0 fully saturated rings. The summed E-state index contributed by atoms with van der Waals surface area (Å²) in [5.41, 5.74) is 0. The van der Waals surface area contributed by atoms with Crippen LogP contribution in [0.1, 0.15) is 20.8 Å². The Kier molecular flexibility index (Phi) is 6.69. The lowest BCUT2D eigenvalue weighted by Crippen LogP contribution is -2.49. The van der Waals surface area contributed by atoms with Gasteiger partial charge in [0.25, 0.3) is 0 Å². The minimum absolute atomic E-state index is 0.228. The van der Waals surface area contributed by atoms with Crippen molar-refractivity contribution in [1.82, 2.24) is 10.6 Å². The summed E-state index contributed by atoms with van der Waals surface area (Å²) < 4.78 is 4.59. The van der Waals surface area contributed by atoms with Crippen LogP contribution in [0.3, 0.4) is 0 Å². The maximum Gasteiger partial charge on any atom is 0.326 e. The number of aliphatic carboxylic acids is 1. The minimum atomic E-state index is -1.12. The second-order valence-electron chi connectivity index (χ2n) is 3.69. The molecular formula is C10H18N2O5. The summed E-state index contributed by atoms with van der Waals surface area (Å²) in [7, 11) is 0. The van der Waals surface area contributed by atoms with E-state index in [0.717, 1.165) is 0 Å². The van der Waals surface area contributed by atoms with E-state index in [9.17, 15) is 14.4 Å². The molecule has 0 rings (SSSR count). The van der Waals surface area contributed by atoms with Crippen molar-refractivity contribution in [1.29, 1.82) is 0 Å². The molecule has 0 spiro atoms. The van der Waals surface area contributed by atoms with Gasteiger partial charge in [0.05, 0.1) is 6.61 Å². The molecule has 0 radical (unpaired) electrons. The quantitative estimate of drug-likeness (QED) is 0.570. The summed E-state index contributed by atoms with van der Waals surface area (Å²) in [5.74, 6) is -1.94. The van der Waals surface area contributed by atoms with E-state index in [-0.39, 0.29) is 19.1 Å². The summed E-state index contributed by atoms with van der Waals surface area (Å²) in [6.07, 6.45) is 0. The largest absolute Gasteiger partial charge is 0.480 e. The van der Waals surface area contributed by atoms with Crippen LogP contribution in [-0.2, 0) is 14.3 Å². The number of carboxylic acid groups (broad SMARTS) is 1. The van der Waals surface area contributed by atoms with Crippen molar-refractivity contribution < 1.29 is 24.2 Å². The number of hydrogen-bond donors (Lipinski definition) is 3. The van der Waals surface area contributed by atoms with Gasteiger partial charge in [-0.3, -0.25) is 4.79 Å². The molecule has 98 valence electrons. The molecule has 0 heterocycles. The van der Waals surface area contributed by atoms with Crippen molar-refractivity contribution in [3.8, 4) is 0 Å². The third-order valence-electron chi connectivity index (χ3n) is 1.92. The molecule has 17 heavy (non-hydrogen) atoms. The SMILES string of the molecule is CCOC(=O)CNC(=O)NC(C(=O)O)C(C)C. The van der Waals surface area contributed by atoms with Gasteiger partial charge in [0.15, 0.2) is 0 Å². The van der Waals surface area contributed by atoms with Crippen molar-refractivity contribution >= 4 is 18.0 Å². The zero-order valence-electron chi connectivity index (χ0n) is 10.1. The number of amides is 2. The lowest BCUT2D eigenvalue weighted by Gasteiger charge is -2.17. The highest BCUT2D eigenvalue weighted by Gasteiger charge is 2.23. The number of carbonyl (C=O) groups excluding carboxylic acids is 2. The Morgan fingerprint density at radius 2 is 1.88 bits per heavy atom. The number of urea groups is 1. The molecule has 7 nitrogen and oxygen atoms in total. The lowest BCUT2D eigenvalue weighted by molar-refractivity contribution is -0.141. The van der Waals surface area contributed by atoms with Crippen molar-refractivity contribution in [2.45, 2.75) is 26.8 Å². The highest BCUT2D eigenvalue weighted by atomic mass is 16.5. The fourth-order valence-corrected chi connectivity index (χ4v) is 1.07. The molecule has 3 N–H and O–H groups in total. The molecule has 1 unspecified atom stereocenters. The van der Waals surface area contributed by atoms with E-state index in [1.807, 2.05) is 0 Å². The predicted molar refractivity (Wildman–Crippen MR) is 59.4 cm³/mol. The van der Waals surface area contributed by atoms with Crippen molar-refractivity contribution in [3.05, 3.63) is 0 Å². The van der Waals surface area contributed by atoms with E-state index in [1.165, 1.54) is 0 Å². The summed E-state index contributed by atoms with van der Waals surface area (Å²) >= 11 is 0. The van der Waals surface area contributed by atoms with Crippen LogP contribution < -0.4 is 10.6 Å². The van der Waals surface area contributed by atoms with Crippen LogP contribution >= 0.6 is 0 Å². The molecule has 0 aliphatic heterocycles. The molecule has 0 aromatic carbocycles. The molecule has 0 saturated heterocycles. The average molecular weight is 246 g/mol. The van der Waals surface area contributed by atoms with Crippen LogP contribution in [0.4, 0.5) is 4.79 Å². The van der Waals surface area contributed by atoms with E-state index in [0.29, 0.717) is 0 Å². The van der Waals surface area contributed by atoms with Gasteiger partial charge in [-0.1, -0.05) is 13.8 Å². The normalized spacial score (nSPS) is 11.8. The number of esters is 1.